The number of fused-ring (bicyclic) bond motifs is 1. The highest BCUT2D eigenvalue weighted by Crippen LogP contribution is 2.33. The molecule has 16 heteroatoms. The molecule has 3 atom stereocenters. The van der Waals surface area contributed by atoms with Gasteiger partial charge in [-0.2, -0.15) is 17.0 Å². The number of unbranched alkanes of at least 4 members (excludes halogenated alkanes) is 1. The SMILES string of the molecule is O=C(CCCC[C@@H]1SC[C@@H]2NC(=O)N[C@@H]21)NCCOCCOCCOCCOCCC(=O)O[N+]1(O)C(=O)CCC1=O. The number of urea groups is 1. The van der Waals surface area contributed by atoms with Crippen LogP contribution < -0.4 is 16.0 Å². The normalized spacial score (nSPS) is 22.9. The summed E-state index contributed by atoms with van der Waals surface area (Å²) in [4.78, 5) is 60.7. The molecule has 0 aromatic rings. The number of amides is 5. The average molecular weight is 606 g/mol. The first-order valence-electron chi connectivity index (χ1n) is 14.0. The lowest BCUT2D eigenvalue weighted by atomic mass is 10.0. The fraction of sp³-hybridized carbons (Fsp3) is 0.800. The van der Waals surface area contributed by atoms with E-state index in [1.807, 2.05) is 11.8 Å². The monoisotopic (exact) mass is 605 g/mol. The molecule has 15 nitrogen and oxygen atoms in total. The van der Waals surface area contributed by atoms with Crippen LogP contribution in [0.1, 0.15) is 44.9 Å². The zero-order valence-corrected chi connectivity index (χ0v) is 24.0. The Hall–Kier alpha value is -2.34. The molecule has 0 radical (unpaired) electrons. The van der Waals surface area contributed by atoms with E-state index in [2.05, 4.69) is 20.8 Å². The minimum absolute atomic E-state index is 0.00792. The van der Waals surface area contributed by atoms with E-state index in [0.29, 0.717) is 51.2 Å². The van der Waals surface area contributed by atoms with Crippen molar-refractivity contribution in [3.05, 3.63) is 0 Å². The van der Waals surface area contributed by atoms with Crippen molar-refractivity contribution in [1.82, 2.24) is 16.0 Å². The minimum Gasteiger partial charge on any atom is -0.378 e. The van der Waals surface area contributed by atoms with Crippen LogP contribution in [0.15, 0.2) is 0 Å². The highest BCUT2D eigenvalue weighted by atomic mass is 32.2. The molecule has 0 aromatic carbocycles. The number of hydrogen-bond acceptors (Lipinski definition) is 12. The van der Waals surface area contributed by atoms with Crippen LogP contribution in [0.25, 0.3) is 0 Å². The average Bonchev–Trinajstić information content (AvgIpc) is 3.57. The summed E-state index contributed by atoms with van der Waals surface area (Å²) in [6.45, 7) is 2.83. The van der Waals surface area contributed by atoms with Crippen LogP contribution >= 0.6 is 11.8 Å². The van der Waals surface area contributed by atoms with Crippen molar-refractivity contribution in [2.45, 2.75) is 62.3 Å². The third-order valence-electron chi connectivity index (χ3n) is 6.68. The van der Waals surface area contributed by atoms with Crippen LogP contribution in [0.5, 0.6) is 0 Å². The number of nitrogens with one attached hydrogen (secondary N) is 3. The van der Waals surface area contributed by atoms with Gasteiger partial charge in [0.25, 0.3) is 0 Å². The highest BCUT2D eigenvalue weighted by molar-refractivity contribution is 8.00. The molecule has 0 aromatic heterocycles. The summed E-state index contributed by atoms with van der Waals surface area (Å²) < 4.78 is 21.4. The maximum absolute atomic E-state index is 12.0. The summed E-state index contributed by atoms with van der Waals surface area (Å²) in [6.07, 6.45) is 2.67. The molecule has 0 bridgehead atoms. The summed E-state index contributed by atoms with van der Waals surface area (Å²) in [5.74, 6) is -1.71. The molecule has 0 spiro atoms. The van der Waals surface area contributed by atoms with Crippen molar-refractivity contribution in [2.24, 2.45) is 0 Å². The van der Waals surface area contributed by atoms with Gasteiger partial charge in [0.05, 0.1) is 84.2 Å². The number of ether oxygens (including phenoxy) is 4. The van der Waals surface area contributed by atoms with Crippen LogP contribution in [0.2, 0.25) is 0 Å². The van der Waals surface area contributed by atoms with Gasteiger partial charge in [-0.3, -0.25) is 4.79 Å². The Morgan fingerprint density at radius 1 is 0.854 bits per heavy atom. The Kier molecular flexibility index (Phi) is 14.2. The molecule has 3 heterocycles. The maximum atomic E-state index is 12.0. The Bertz CT molecular complexity index is 893. The van der Waals surface area contributed by atoms with Gasteiger partial charge >= 0.3 is 23.8 Å². The van der Waals surface area contributed by atoms with Gasteiger partial charge in [-0.1, -0.05) is 6.42 Å². The van der Waals surface area contributed by atoms with Gasteiger partial charge in [0.2, 0.25) is 5.91 Å². The van der Waals surface area contributed by atoms with Crippen molar-refractivity contribution < 1.29 is 57.8 Å². The topological polar surface area (TPSA) is 188 Å². The second-order valence-corrected chi connectivity index (χ2v) is 11.0. The fourth-order valence-electron chi connectivity index (χ4n) is 4.49. The Balaban J connectivity index is 1.02. The molecule has 232 valence electrons. The Morgan fingerprint density at radius 3 is 2.12 bits per heavy atom. The lowest BCUT2D eigenvalue weighted by Gasteiger charge is -2.16. The summed E-state index contributed by atoms with van der Waals surface area (Å²) in [7, 11) is 0. The molecule has 4 N–H and O–H groups in total. The summed E-state index contributed by atoms with van der Waals surface area (Å²) in [5, 5.41) is 19.0. The number of carbonyl (C=O) groups excluding carboxylic acids is 5. The van der Waals surface area contributed by atoms with Gasteiger partial charge in [-0.15, -0.1) is 0 Å². The van der Waals surface area contributed by atoms with Gasteiger partial charge in [-0.25, -0.2) is 24.0 Å². The summed E-state index contributed by atoms with van der Waals surface area (Å²) >= 11 is 1.88. The number of thioether (sulfide) groups is 1. The second-order valence-electron chi connectivity index (χ2n) is 9.74. The molecule has 3 rings (SSSR count). The van der Waals surface area contributed by atoms with Crippen LogP contribution in [0.4, 0.5) is 4.79 Å². The molecular formula is C25H41N4O11S+. The fourth-order valence-corrected chi connectivity index (χ4v) is 6.04. The summed E-state index contributed by atoms with van der Waals surface area (Å²) in [6, 6.07) is 0.356. The smallest absolute Gasteiger partial charge is 0.378 e. The van der Waals surface area contributed by atoms with Crippen LogP contribution in [-0.4, -0.2) is 122 Å². The van der Waals surface area contributed by atoms with E-state index < -0.39 is 22.6 Å². The van der Waals surface area contributed by atoms with Gasteiger partial charge < -0.3 is 34.9 Å². The molecule has 0 aliphatic carbocycles. The van der Waals surface area contributed by atoms with Crippen LogP contribution in [0, 0.1) is 0 Å². The van der Waals surface area contributed by atoms with Crippen molar-refractivity contribution >= 4 is 41.5 Å². The molecule has 0 unspecified atom stereocenters. The first-order chi connectivity index (χ1) is 19.8. The molecular weight excluding hydrogens is 564 g/mol. The van der Waals surface area contributed by atoms with Gasteiger partial charge in [0.1, 0.15) is 4.81 Å². The van der Waals surface area contributed by atoms with E-state index in [-0.39, 0.29) is 63.1 Å². The van der Waals surface area contributed by atoms with Gasteiger partial charge in [0, 0.05) is 24.0 Å². The van der Waals surface area contributed by atoms with Crippen molar-refractivity contribution in [1.29, 1.82) is 0 Å². The number of quaternary nitrogens is 1. The number of imide groups is 1. The standard InChI is InChI=1S/C25H40N4O11S/c30-20(4-2-1-3-19-24-18(17-41-19)27-25(34)28-24)26-8-10-37-12-14-39-16-15-38-13-11-36-9-7-23(33)40-29(35)21(31)5-6-22(29)32/h18-19,24,35H,1-17H2,(H2-,26,27,28,30,34)/p+1/t18-,19-,24-/m0/s1. The highest BCUT2D eigenvalue weighted by Gasteiger charge is 2.55. The van der Waals surface area contributed by atoms with E-state index in [4.69, 9.17) is 18.9 Å². The van der Waals surface area contributed by atoms with E-state index in [1.165, 1.54) is 0 Å². The van der Waals surface area contributed by atoms with Gasteiger partial charge in [-0.05, 0) is 12.8 Å². The number of hydroxylamine groups is 4. The van der Waals surface area contributed by atoms with E-state index in [0.717, 1.165) is 25.0 Å². The number of carbonyl (C=O) groups is 5. The third-order valence-corrected chi connectivity index (χ3v) is 8.19. The predicted octanol–water partition coefficient (Wildman–Crippen LogP) is -0.204. The number of hydrogen-bond donors (Lipinski definition) is 4. The molecule has 41 heavy (non-hydrogen) atoms. The zero-order chi connectivity index (χ0) is 29.5. The van der Waals surface area contributed by atoms with Crippen molar-refractivity contribution in [2.75, 3.05) is 65.2 Å². The third kappa shape index (κ3) is 11.1. The molecule has 3 aliphatic heterocycles. The second kappa shape index (κ2) is 17.6. The van der Waals surface area contributed by atoms with Crippen LogP contribution in [-0.2, 0) is 43.0 Å². The molecule has 3 aliphatic rings. The number of nitrogens with zero attached hydrogens (tertiary/aromatic N) is 1. The first kappa shape index (κ1) is 33.2. The first-order valence-corrected chi connectivity index (χ1v) is 15.0. The van der Waals surface area contributed by atoms with E-state index >= 15 is 0 Å². The molecule has 0 saturated carbocycles. The molecule has 3 fully saturated rings. The van der Waals surface area contributed by atoms with Crippen LogP contribution in [0.3, 0.4) is 0 Å². The maximum Gasteiger partial charge on any atom is 0.397 e. The molecule has 3 saturated heterocycles. The largest absolute Gasteiger partial charge is 0.397 e. The lowest BCUT2D eigenvalue weighted by molar-refractivity contribution is -1.12. The zero-order valence-electron chi connectivity index (χ0n) is 23.1. The van der Waals surface area contributed by atoms with Gasteiger partial charge in [0.15, 0.2) is 0 Å². The van der Waals surface area contributed by atoms with E-state index in [1.54, 1.807) is 0 Å². The number of rotatable bonds is 21. The Labute approximate surface area is 242 Å². The van der Waals surface area contributed by atoms with Crippen molar-refractivity contribution in [3.63, 3.8) is 0 Å². The molecule has 5 amide bonds. The van der Waals surface area contributed by atoms with Crippen molar-refractivity contribution in [3.8, 4) is 0 Å². The summed E-state index contributed by atoms with van der Waals surface area (Å²) in [5.41, 5.74) is 0. The quantitative estimate of drug-likeness (QED) is 0.0444. The predicted molar refractivity (Wildman–Crippen MR) is 142 cm³/mol. The lowest BCUT2D eigenvalue weighted by Crippen LogP contribution is -2.50. The minimum atomic E-state index is -1.92. The van der Waals surface area contributed by atoms with E-state index in [9.17, 15) is 29.2 Å². The Morgan fingerprint density at radius 2 is 1.46 bits per heavy atom.